The summed E-state index contributed by atoms with van der Waals surface area (Å²) in [7, 11) is 0. The Hall–Kier alpha value is -1.03. The maximum atomic E-state index is 12.5. The molecule has 0 saturated heterocycles. The van der Waals surface area contributed by atoms with Gasteiger partial charge in [0.1, 0.15) is 0 Å². The van der Waals surface area contributed by atoms with Crippen molar-refractivity contribution in [3.05, 3.63) is 35.4 Å². The lowest BCUT2D eigenvalue weighted by molar-refractivity contribution is -0.137. The number of alkyl halides is 3. The second kappa shape index (κ2) is 5.76. The molecule has 2 rings (SSSR count). The van der Waals surface area contributed by atoms with Gasteiger partial charge in [0.2, 0.25) is 0 Å². The number of benzene rings is 1. The second-order valence-electron chi connectivity index (χ2n) is 6.36. The van der Waals surface area contributed by atoms with Gasteiger partial charge in [-0.05, 0) is 36.0 Å². The third kappa shape index (κ3) is 3.75. The van der Waals surface area contributed by atoms with Gasteiger partial charge in [-0.1, -0.05) is 38.8 Å². The Morgan fingerprint density at radius 3 is 2.35 bits per heavy atom. The van der Waals surface area contributed by atoms with Crippen molar-refractivity contribution in [1.82, 2.24) is 5.32 Å². The summed E-state index contributed by atoms with van der Waals surface area (Å²) in [6, 6.07) is 5.88. The molecule has 1 fully saturated rings. The summed E-state index contributed by atoms with van der Waals surface area (Å²) in [6.45, 7) is 5.15. The van der Waals surface area contributed by atoms with E-state index >= 15 is 0 Å². The number of hydrogen-bond donors (Lipinski definition) is 1. The van der Waals surface area contributed by atoms with E-state index < -0.39 is 11.7 Å². The van der Waals surface area contributed by atoms with E-state index in [9.17, 15) is 13.2 Å². The van der Waals surface area contributed by atoms with Crippen LogP contribution < -0.4 is 5.32 Å². The van der Waals surface area contributed by atoms with Crippen molar-refractivity contribution < 1.29 is 13.2 Å². The van der Waals surface area contributed by atoms with Gasteiger partial charge in [0.15, 0.2) is 0 Å². The van der Waals surface area contributed by atoms with Crippen LogP contribution in [0.15, 0.2) is 24.3 Å². The average molecular weight is 285 g/mol. The molecule has 0 radical (unpaired) electrons. The number of nitrogens with one attached hydrogen (secondary N) is 1. The lowest BCUT2D eigenvalue weighted by Gasteiger charge is -2.39. The maximum Gasteiger partial charge on any atom is 0.416 e. The van der Waals surface area contributed by atoms with Gasteiger partial charge in [0.05, 0.1) is 5.56 Å². The molecule has 1 aliphatic rings. The van der Waals surface area contributed by atoms with Crippen LogP contribution in [0, 0.1) is 5.41 Å². The first kappa shape index (κ1) is 15.4. The van der Waals surface area contributed by atoms with Gasteiger partial charge in [-0.2, -0.15) is 13.2 Å². The average Bonchev–Trinajstić information content (AvgIpc) is 2.36. The van der Waals surface area contributed by atoms with Crippen LogP contribution >= 0.6 is 0 Å². The SMILES string of the molecule is CC1(C)CCCCC1NCc1ccc(C(F)(F)F)cc1. The predicted octanol–water partition coefficient (Wildman–Crippen LogP) is 4.76. The van der Waals surface area contributed by atoms with Crippen molar-refractivity contribution in [3.63, 3.8) is 0 Å². The van der Waals surface area contributed by atoms with Crippen molar-refractivity contribution in [3.8, 4) is 0 Å². The first-order chi connectivity index (χ1) is 9.29. The molecule has 0 aromatic heterocycles. The van der Waals surface area contributed by atoms with E-state index in [1.165, 1.54) is 19.3 Å². The summed E-state index contributed by atoms with van der Waals surface area (Å²) in [6.07, 6.45) is 0.599. The molecule has 1 aromatic carbocycles. The van der Waals surface area contributed by atoms with Crippen molar-refractivity contribution >= 4 is 0 Å². The summed E-state index contributed by atoms with van der Waals surface area (Å²) in [4.78, 5) is 0. The molecule has 1 unspecified atom stereocenters. The van der Waals surface area contributed by atoms with Crippen LogP contribution in [-0.2, 0) is 12.7 Å². The minimum atomic E-state index is -4.25. The Labute approximate surface area is 118 Å². The van der Waals surface area contributed by atoms with Crippen LogP contribution in [0.1, 0.15) is 50.7 Å². The van der Waals surface area contributed by atoms with Crippen molar-refractivity contribution in [2.75, 3.05) is 0 Å². The maximum absolute atomic E-state index is 12.5. The first-order valence-electron chi connectivity index (χ1n) is 7.18. The summed E-state index contributed by atoms with van der Waals surface area (Å²) < 4.78 is 37.4. The zero-order valence-corrected chi connectivity index (χ0v) is 12.1. The molecular formula is C16H22F3N. The van der Waals surface area contributed by atoms with E-state index in [4.69, 9.17) is 0 Å². The fourth-order valence-electron chi connectivity index (χ4n) is 2.93. The molecule has 1 saturated carbocycles. The van der Waals surface area contributed by atoms with Gasteiger partial charge < -0.3 is 5.32 Å². The monoisotopic (exact) mass is 285 g/mol. The summed E-state index contributed by atoms with van der Waals surface area (Å²) in [5.41, 5.74) is 0.586. The van der Waals surface area contributed by atoms with Crippen molar-refractivity contribution in [2.45, 2.75) is 58.3 Å². The van der Waals surface area contributed by atoms with Crippen LogP contribution in [-0.4, -0.2) is 6.04 Å². The number of rotatable bonds is 3. The molecule has 4 heteroatoms. The molecule has 1 nitrogen and oxygen atoms in total. The molecule has 1 aliphatic carbocycles. The van der Waals surface area contributed by atoms with Crippen molar-refractivity contribution in [1.29, 1.82) is 0 Å². The van der Waals surface area contributed by atoms with E-state index in [1.807, 2.05) is 0 Å². The zero-order chi connectivity index (χ0) is 14.8. The molecule has 0 heterocycles. The van der Waals surface area contributed by atoms with Crippen LogP contribution in [0.4, 0.5) is 13.2 Å². The molecular weight excluding hydrogens is 263 g/mol. The smallest absolute Gasteiger partial charge is 0.309 e. The third-order valence-corrected chi connectivity index (χ3v) is 4.34. The molecule has 0 amide bonds. The van der Waals surface area contributed by atoms with Crippen LogP contribution in [0.5, 0.6) is 0 Å². The van der Waals surface area contributed by atoms with Crippen LogP contribution in [0.3, 0.4) is 0 Å². The topological polar surface area (TPSA) is 12.0 Å². The molecule has 1 aromatic rings. The van der Waals surface area contributed by atoms with Gasteiger partial charge in [0, 0.05) is 12.6 Å². The van der Waals surface area contributed by atoms with Crippen molar-refractivity contribution in [2.24, 2.45) is 5.41 Å². The van der Waals surface area contributed by atoms with Gasteiger partial charge in [-0.15, -0.1) is 0 Å². The Bertz CT molecular complexity index is 434. The molecule has 112 valence electrons. The molecule has 1 atom stereocenters. The van der Waals surface area contributed by atoms with E-state index in [-0.39, 0.29) is 5.41 Å². The van der Waals surface area contributed by atoms with Gasteiger partial charge in [-0.25, -0.2) is 0 Å². The molecule has 0 spiro atoms. The molecule has 1 N–H and O–H groups in total. The Balaban J connectivity index is 1.94. The second-order valence-corrected chi connectivity index (χ2v) is 6.36. The van der Waals surface area contributed by atoms with Gasteiger partial charge >= 0.3 is 6.18 Å². The summed E-state index contributed by atoms with van der Waals surface area (Å²) in [5.74, 6) is 0. The van der Waals surface area contributed by atoms with E-state index in [2.05, 4.69) is 19.2 Å². The largest absolute Gasteiger partial charge is 0.416 e. The minimum Gasteiger partial charge on any atom is -0.309 e. The number of halogens is 3. The number of hydrogen-bond acceptors (Lipinski definition) is 1. The zero-order valence-electron chi connectivity index (χ0n) is 12.1. The molecule has 0 aliphatic heterocycles. The Morgan fingerprint density at radius 1 is 1.15 bits per heavy atom. The fraction of sp³-hybridized carbons (Fsp3) is 0.625. The first-order valence-corrected chi connectivity index (χ1v) is 7.18. The quantitative estimate of drug-likeness (QED) is 0.844. The standard InChI is InChI=1S/C16H22F3N/c1-15(2)10-4-3-5-14(15)20-11-12-6-8-13(9-7-12)16(17,18)19/h6-9,14,20H,3-5,10-11H2,1-2H3. The van der Waals surface area contributed by atoms with Crippen LogP contribution in [0.2, 0.25) is 0 Å². The van der Waals surface area contributed by atoms with Crippen LogP contribution in [0.25, 0.3) is 0 Å². The summed E-state index contributed by atoms with van der Waals surface area (Å²) in [5, 5.41) is 3.51. The van der Waals surface area contributed by atoms with E-state index in [0.717, 1.165) is 24.1 Å². The lowest BCUT2D eigenvalue weighted by Crippen LogP contribution is -2.43. The minimum absolute atomic E-state index is 0.268. The Kier molecular flexibility index (Phi) is 4.43. The lowest BCUT2D eigenvalue weighted by atomic mass is 9.73. The van der Waals surface area contributed by atoms with Gasteiger partial charge in [0.25, 0.3) is 0 Å². The molecule has 0 bridgehead atoms. The van der Waals surface area contributed by atoms with E-state index in [0.29, 0.717) is 12.6 Å². The van der Waals surface area contributed by atoms with Gasteiger partial charge in [-0.3, -0.25) is 0 Å². The fourth-order valence-corrected chi connectivity index (χ4v) is 2.93. The molecule has 20 heavy (non-hydrogen) atoms. The summed E-state index contributed by atoms with van der Waals surface area (Å²) >= 11 is 0. The Morgan fingerprint density at radius 2 is 1.80 bits per heavy atom. The van der Waals surface area contributed by atoms with E-state index in [1.54, 1.807) is 12.1 Å². The highest BCUT2D eigenvalue weighted by atomic mass is 19.4. The highest BCUT2D eigenvalue weighted by molar-refractivity contribution is 5.24. The highest BCUT2D eigenvalue weighted by Gasteiger charge is 2.32. The normalized spacial score (nSPS) is 22.8. The third-order valence-electron chi connectivity index (χ3n) is 4.34. The predicted molar refractivity (Wildman–Crippen MR) is 74.3 cm³/mol. The highest BCUT2D eigenvalue weighted by Crippen LogP contribution is 2.35.